The third-order valence-electron chi connectivity index (χ3n) is 2.98. The maximum absolute atomic E-state index is 11.2. The van der Waals surface area contributed by atoms with E-state index in [4.69, 9.17) is 4.74 Å². The fraction of sp³-hybridized carbons (Fsp3) is 0.429. The topological polar surface area (TPSA) is 50.1 Å². The van der Waals surface area contributed by atoms with Crippen LogP contribution in [0.3, 0.4) is 0 Å². The molecule has 17 heavy (non-hydrogen) atoms. The molecule has 3 nitrogen and oxygen atoms in total. The minimum absolute atomic E-state index is 0.0580. The van der Waals surface area contributed by atoms with E-state index in [1.165, 1.54) is 0 Å². The summed E-state index contributed by atoms with van der Waals surface area (Å²) in [5, 5.41) is 9.31. The zero-order valence-corrected chi connectivity index (χ0v) is 10.1. The molecule has 0 saturated heterocycles. The zero-order chi connectivity index (χ0) is 12.5. The van der Waals surface area contributed by atoms with Gasteiger partial charge in [-0.3, -0.25) is 4.79 Å². The first kappa shape index (κ1) is 11.7. The van der Waals surface area contributed by atoms with E-state index in [-0.39, 0.29) is 11.9 Å². The van der Waals surface area contributed by atoms with Crippen molar-refractivity contribution in [3.8, 4) is 11.8 Å². The van der Waals surface area contributed by atoms with Crippen molar-refractivity contribution in [2.75, 3.05) is 0 Å². The smallest absolute Gasteiger partial charge is 0.136 e. The summed E-state index contributed by atoms with van der Waals surface area (Å²) in [5.41, 5.74) is 0.179. The maximum atomic E-state index is 11.2. The van der Waals surface area contributed by atoms with Crippen molar-refractivity contribution in [3.63, 3.8) is 0 Å². The van der Waals surface area contributed by atoms with Crippen molar-refractivity contribution in [3.05, 3.63) is 29.8 Å². The highest BCUT2D eigenvalue weighted by Crippen LogP contribution is 2.44. The van der Waals surface area contributed by atoms with E-state index >= 15 is 0 Å². The number of ketones is 1. The van der Waals surface area contributed by atoms with Gasteiger partial charge in [-0.1, -0.05) is 18.2 Å². The van der Waals surface area contributed by atoms with Crippen molar-refractivity contribution >= 4 is 5.78 Å². The van der Waals surface area contributed by atoms with Crippen molar-refractivity contribution < 1.29 is 9.53 Å². The number of rotatable bonds is 3. The molecule has 0 N–H and O–H groups in total. The van der Waals surface area contributed by atoms with Crippen LogP contribution in [-0.4, -0.2) is 11.9 Å². The lowest BCUT2D eigenvalue weighted by Gasteiger charge is -2.35. The summed E-state index contributed by atoms with van der Waals surface area (Å²) in [6.07, 6.45) is 0.673. The summed E-state index contributed by atoms with van der Waals surface area (Å²) in [5.74, 6) is 0.863. The monoisotopic (exact) mass is 229 g/mol. The quantitative estimate of drug-likeness (QED) is 0.800. The number of para-hydroxylation sites is 1. The molecule has 1 aliphatic carbocycles. The SMILES string of the molecule is CC(C)Oc1ccccc1C1(C#N)CC(=O)C1. The van der Waals surface area contributed by atoms with Gasteiger partial charge in [0.15, 0.2) is 0 Å². The largest absolute Gasteiger partial charge is 0.491 e. The van der Waals surface area contributed by atoms with E-state index in [0.717, 1.165) is 11.3 Å². The molecule has 88 valence electrons. The molecule has 0 spiro atoms. The maximum Gasteiger partial charge on any atom is 0.136 e. The first-order valence-corrected chi connectivity index (χ1v) is 5.76. The third kappa shape index (κ3) is 2.03. The van der Waals surface area contributed by atoms with E-state index in [1.807, 2.05) is 38.1 Å². The minimum atomic E-state index is -0.664. The summed E-state index contributed by atoms with van der Waals surface area (Å²) in [6, 6.07) is 9.78. The van der Waals surface area contributed by atoms with E-state index in [1.54, 1.807) is 0 Å². The van der Waals surface area contributed by atoms with Crippen LogP contribution in [0, 0.1) is 11.3 Å². The van der Waals surface area contributed by atoms with Gasteiger partial charge in [-0.05, 0) is 19.9 Å². The molecular weight excluding hydrogens is 214 g/mol. The molecule has 1 aliphatic rings. The van der Waals surface area contributed by atoms with Crippen LogP contribution in [0.15, 0.2) is 24.3 Å². The molecule has 0 unspecified atom stereocenters. The molecule has 0 atom stereocenters. The molecule has 1 aromatic rings. The Morgan fingerprint density at radius 2 is 2.00 bits per heavy atom. The van der Waals surface area contributed by atoms with Crippen LogP contribution in [0.1, 0.15) is 32.3 Å². The number of nitriles is 1. The number of ether oxygens (including phenoxy) is 1. The highest BCUT2D eigenvalue weighted by atomic mass is 16.5. The van der Waals surface area contributed by atoms with Crippen LogP contribution in [0.2, 0.25) is 0 Å². The summed E-state index contributed by atoms with van der Waals surface area (Å²) in [4.78, 5) is 11.2. The molecule has 0 amide bonds. The Kier molecular flexibility index (Phi) is 2.89. The standard InChI is InChI=1S/C14H15NO2/c1-10(2)17-13-6-4-3-5-12(13)14(9-15)7-11(16)8-14/h3-6,10H,7-8H2,1-2H3. The highest BCUT2D eigenvalue weighted by Gasteiger charge is 2.47. The van der Waals surface area contributed by atoms with E-state index < -0.39 is 5.41 Å². The first-order valence-electron chi connectivity index (χ1n) is 5.76. The Bertz CT molecular complexity index is 477. The molecule has 3 heteroatoms. The zero-order valence-electron chi connectivity index (χ0n) is 10.1. The molecule has 2 rings (SSSR count). The Labute approximate surface area is 101 Å². The highest BCUT2D eigenvalue weighted by molar-refractivity contribution is 5.90. The van der Waals surface area contributed by atoms with Gasteiger partial charge in [0.2, 0.25) is 0 Å². The van der Waals surface area contributed by atoms with Crippen LogP contribution in [0.5, 0.6) is 5.75 Å². The van der Waals surface area contributed by atoms with Crippen LogP contribution >= 0.6 is 0 Å². The Balaban J connectivity index is 2.38. The van der Waals surface area contributed by atoms with Crippen molar-refractivity contribution in [2.24, 2.45) is 0 Å². The van der Waals surface area contributed by atoms with Crippen molar-refractivity contribution in [1.82, 2.24) is 0 Å². The molecular formula is C14H15NO2. The van der Waals surface area contributed by atoms with Gasteiger partial charge in [0, 0.05) is 18.4 Å². The second kappa shape index (κ2) is 4.21. The summed E-state index contributed by atoms with van der Waals surface area (Å²) in [6.45, 7) is 3.89. The molecule has 0 radical (unpaired) electrons. The average molecular weight is 229 g/mol. The normalized spacial score (nSPS) is 17.4. The van der Waals surface area contributed by atoms with Gasteiger partial charge < -0.3 is 4.74 Å². The molecule has 1 aromatic carbocycles. The minimum Gasteiger partial charge on any atom is -0.491 e. The van der Waals surface area contributed by atoms with Crippen molar-refractivity contribution in [1.29, 1.82) is 5.26 Å². The fourth-order valence-corrected chi connectivity index (χ4v) is 2.17. The molecule has 0 bridgehead atoms. The van der Waals surface area contributed by atoms with Gasteiger partial charge in [-0.2, -0.15) is 5.26 Å². The number of carbonyl (C=O) groups is 1. The molecule has 1 saturated carbocycles. The van der Waals surface area contributed by atoms with Crippen LogP contribution in [-0.2, 0) is 10.2 Å². The first-order chi connectivity index (χ1) is 8.07. The van der Waals surface area contributed by atoms with Gasteiger partial charge in [-0.15, -0.1) is 0 Å². The predicted octanol–water partition coefficient (Wildman–Crippen LogP) is 2.60. The molecule has 1 fully saturated rings. The second-order valence-corrected chi connectivity index (χ2v) is 4.75. The number of carbonyl (C=O) groups excluding carboxylic acids is 1. The predicted molar refractivity (Wildman–Crippen MR) is 63.7 cm³/mol. The fourth-order valence-electron chi connectivity index (χ4n) is 2.17. The Morgan fingerprint density at radius 3 is 2.53 bits per heavy atom. The van der Waals surface area contributed by atoms with E-state index in [9.17, 15) is 10.1 Å². The summed E-state index contributed by atoms with van der Waals surface area (Å²) >= 11 is 0. The Morgan fingerprint density at radius 1 is 1.35 bits per heavy atom. The third-order valence-corrected chi connectivity index (χ3v) is 2.98. The number of nitrogens with zero attached hydrogens (tertiary/aromatic N) is 1. The van der Waals surface area contributed by atoms with Gasteiger partial charge in [-0.25, -0.2) is 0 Å². The number of hydrogen-bond donors (Lipinski definition) is 0. The van der Waals surface area contributed by atoms with E-state index in [0.29, 0.717) is 12.8 Å². The van der Waals surface area contributed by atoms with Crippen molar-refractivity contribution in [2.45, 2.75) is 38.2 Å². The lowest BCUT2D eigenvalue weighted by atomic mass is 9.64. The lowest BCUT2D eigenvalue weighted by molar-refractivity contribution is -0.126. The van der Waals surface area contributed by atoms with Gasteiger partial charge in [0.1, 0.15) is 11.5 Å². The summed E-state index contributed by atoms with van der Waals surface area (Å²) in [7, 11) is 0. The van der Waals surface area contributed by atoms with Crippen LogP contribution in [0.4, 0.5) is 0 Å². The van der Waals surface area contributed by atoms with Crippen LogP contribution in [0.25, 0.3) is 0 Å². The van der Waals surface area contributed by atoms with Gasteiger partial charge in [0.05, 0.1) is 17.6 Å². The molecule has 0 heterocycles. The number of benzene rings is 1. The number of Topliss-reactive ketones (excluding diaryl/α,β-unsaturated/α-hetero) is 1. The van der Waals surface area contributed by atoms with Gasteiger partial charge >= 0.3 is 0 Å². The lowest BCUT2D eigenvalue weighted by Crippen LogP contribution is -2.40. The van der Waals surface area contributed by atoms with Gasteiger partial charge in [0.25, 0.3) is 0 Å². The van der Waals surface area contributed by atoms with E-state index in [2.05, 4.69) is 6.07 Å². The average Bonchev–Trinajstić information content (AvgIpc) is 2.25. The second-order valence-electron chi connectivity index (χ2n) is 4.75. The summed E-state index contributed by atoms with van der Waals surface area (Å²) < 4.78 is 5.70. The number of hydrogen-bond acceptors (Lipinski definition) is 3. The molecule has 0 aliphatic heterocycles. The Hall–Kier alpha value is -1.82. The van der Waals surface area contributed by atoms with Crippen LogP contribution < -0.4 is 4.74 Å². The molecule has 0 aromatic heterocycles.